The summed E-state index contributed by atoms with van der Waals surface area (Å²) in [5.74, 6) is 0.511. The van der Waals surface area contributed by atoms with Gasteiger partial charge >= 0.3 is 14.8 Å². The number of pyridine rings is 1. The molecule has 3 rings (SSSR count). The number of nitrogens with zero attached hydrogens (tertiary/aromatic N) is 1. The van der Waals surface area contributed by atoms with E-state index in [1.54, 1.807) is 36.5 Å². The highest BCUT2D eigenvalue weighted by Crippen LogP contribution is 2.29. The van der Waals surface area contributed by atoms with Gasteiger partial charge in [0.2, 0.25) is 0 Å². The number of urea groups is 1. The number of ether oxygens (including phenoxy) is 1. The Morgan fingerprint density at radius 2 is 1.62 bits per heavy atom. The Hall–Kier alpha value is -3.23. The molecule has 1 aromatic heterocycles. The van der Waals surface area contributed by atoms with Crippen LogP contribution in [0.2, 0.25) is 6.04 Å². The zero-order valence-corrected chi connectivity index (χ0v) is 25.2. The third kappa shape index (κ3) is 8.63. The molecule has 0 radical (unpaired) electrons. The van der Waals surface area contributed by atoms with E-state index in [-0.39, 0.29) is 17.5 Å². The van der Waals surface area contributed by atoms with Gasteiger partial charge in [-0.3, -0.25) is 9.71 Å². The molecule has 0 fully saturated rings. The van der Waals surface area contributed by atoms with Crippen LogP contribution in [0.3, 0.4) is 0 Å². The summed E-state index contributed by atoms with van der Waals surface area (Å²) in [4.78, 5) is 16.7. The first-order valence-electron chi connectivity index (χ1n) is 13.2. The predicted octanol–water partition coefficient (Wildman–Crippen LogP) is 4.28. The quantitative estimate of drug-likeness (QED) is 0.166. The van der Waals surface area contributed by atoms with Gasteiger partial charge in [0.15, 0.2) is 0 Å². The molecular formula is C27H38N4O7SSi. The fourth-order valence-electron chi connectivity index (χ4n) is 4.10. The minimum Gasteiger partial charge on any atom is -0.497 e. The highest BCUT2D eigenvalue weighted by molar-refractivity contribution is 7.92. The van der Waals surface area contributed by atoms with Gasteiger partial charge in [-0.2, -0.15) is 0 Å². The topological polar surface area (TPSA) is 137 Å². The van der Waals surface area contributed by atoms with E-state index in [4.69, 9.17) is 18.0 Å². The lowest BCUT2D eigenvalue weighted by molar-refractivity contribution is 0.0708. The van der Waals surface area contributed by atoms with Crippen LogP contribution in [0.1, 0.15) is 32.8 Å². The molecule has 1 heterocycles. The van der Waals surface area contributed by atoms with Crippen LogP contribution in [-0.2, 0) is 29.8 Å². The third-order valence-electron chi connectivity index (χ3n) is 5.88. The van der Waals surface area contributed by atoms with E-state index in [0.29, 0.717) is 55.8 Å². The Morgan fingerprint density at radius 3 is 2.25 bits per heavy atom. The molecule has 0 atom stereocenters. The number of hydrogen-bond donors (Lipinski definition) is 3. The Balaban J connectivity index is 1.53. The smallest absolute Gasteiger partial charge is 0.497 e. The van der Waals surface area contributed by atoms with Crippen LogP contribution in [0.15, 0.2) is 59.6 Å². The number of carbonyl (C=O) groups excluding carboxylic acids is 1. The normalized spacial score (nSPS) is 11.8. The molecule has 2 amide bonds. The van der Waals surface area contributed by atoms with Crippen LogP contribution >= 0.6 is 0 Å². The molecule has 218 valence electrons. The van der Waals surface area contributed by atoms with Gasteiger partial charge in [-0.25, -0.2) is 13.2 Å². The first-order chi connectivity index (χ1) is 19.3. The van der Waals surface area contributed by atoms with Gasteiger partial charge in [0, 0.05) is 56.6 Å². The summed E-state index contributed by atoms with van der Waals surface area (Å²) in [6.45, 7) is 7.91. The largest absolute Gasteiger partial charge is 0.500 e. The molecule has 0 aliphatic rings. The molecule has 0 aliphatic carbocycles. The van der Waals surface area contributed by atoms with E-state index < -0.39 is 18.8 Å². The molecule has 0 unspecified atom stereocenters. The van der Waals surface area contributed by atoms with Gasteiger partial charge in [-0.15, -0.1) is 0 Å². The van der Waals surface area contributed by atoms with Gasteiger partial charge in [-0.05, 0) is 57.0 Å². The molecule has 0 saturated heterocycles. The Morgan fingerprint density at radius 1 is 0.950 bits per heavy atom. The summed E-state index contributed by atoms with van der Waals surface area (Å²) in [5.41, 5.74) is 1.58. The average molecular weight is 591 g/mol. The minimum absolute atomic E-state index is 0.0816. The maximum absolute atomic E-state index is 13.1. The first-order valence-corrected chi connectivity index (χ1v) is 16.7. The van der Waals surface area contributed by atoms with Crippen molar-refractivity contribution in [1.29, 1.82) is 0 Å². The van der Waals surface area contributed by atoms with Crippen LogP contribution in [0, 0.1) is 0 Å². The zero-order chi connectivity index (χ0) is 29.0. The SMILES string of the molecule is CCO[Si](CCCNC(=O)NCc1ccc(S(=O)(=O)Nc2cc(OC)cc3cccnc23)cc1)(OCC)OCC. The van der Waals surface area contributed by atoms with Crippen LogP contribution in [0.4, 0.5) is 10.5 Å². The van der Waals surface area contributed by atoms with Gasteiger partial charge in [0.25, 0.3) is 10.0 Å². The predicted molar refractivity (Wildman–Crippen MR) is 156 cm³/mol. The van der Waals surface area contributed by atoms with Crippen LogP contribution in [0.25, 0.3) is 10.9 Å². The fraction of sp³-hybridized carbons (Fsp3) is 0.407. The minimum atomic E-state index is -3.89. The molecule has 11 nitrogen and oxygen atoms in total. The molecule has 13 heteroatoms. The molecule has 0 spiro atoms. The molecule has 2 aromatic carbocycles. The monoisotopic (exact) mass is 590 g/mol. The lowest BCUT2D eigenvalue weighted by Gasteiger charge is -2.28. The number of sulfonamides is 1. The summed E-state index contributed by atoms with van der Waals surface area (Å²) in [6.07, 6.45) is 2.25. The number of amides is 2. The van der Waals surface area contributed by atoms with Crippen LogP contribution in [0.5, 0.6) is 5.75 Å². The van der Waals surface area contributed by atoms with E-state index in [1.807, 2.05) is 26.8 Å². The second kappa shape index (κ2) is 15.0. The van der Waals surface area contributed by atoms with Crippen LogP contribution in [-0.4, -0.2) is 61.7 Å². The number of nitrogens with one attached hydrogen (secondary N) is 3. The van der Waals surface area contributed by atoms with Crippen molar-refractivity contribution in [2.24, 2.45) is 0 Å². The number of aromatic nitrogens is 1. The van der Waals surface area contributed by atoms with Crippen molar-refractivity contribution in [3.8, 4) is 5.75 Å². The molecule has 3 aromatic rings. The second-order valence-electron chi connectivity index (χ2n) is 8.69. The number of fused-ring (bicyclic) bond motifs is 1. The number of rotatable bonds is 16. The second-order valence-corrected chi connectivity index (χ2v) is 13.1. The van der Waals surface area contributed by atoms with Crippen LogP contribution < -0.4 is 20.1 Å². The maximum atomic E-state index is 13.1. The van der Waals surface area contributed by atoms with Crippen molar-refractivity contribution in [1.82, 2.24) is 15.6 Å². The van der Waals surface area contributed by atoms with Crippen molar-refractivity contribution in [2.45, 2.75) is 44.7 Å². The summed E-state index contributed by atoms with van der Waals surface area (Å²) in [7, 11) is -5.11. The van der Waals surface area contributed by atoms with E-state index in [1.165, 1.54) is 19.2 Å². The van der Waals surface area contributed by atoms with E-state index >= 15 is 0 Å². The summed E-state index contributed by atoms with van der Waals surface area (Å²) < 4.78 is 51.6. The van der Waals surface area contributed by atoms with E-state index in [0.717, 1.165) is 10.9 Å². The van der Waals surface area contributed by atoms with Gasteiger partial charge in [-0.1, -0.05) is 18.2 Å². The van der Waals surface area contributed by atoms with Crippen molar-refractivity contribution in [3.63, 3.8) is 0 Å². The summed E-state index contributed by atoms with van der Waals surface area (Å²) >= 11 is 0. The molecular weight excluding hydrogens is 552 g/mol. The van der Waals surface area contributed by atoms with E-state index in [2.05, 4.69) is 20.3 Å². The van der Waals surface area contributed by atoms with Gasteiger partial charge in [0.05, 0.1) is 23.2 Å². The Bertz CT molecular complexity index is 1340. The lowest BCUT2D eigenvalue weighted by Crippen LogP contribution is -2.46. The number of benzene rings is 2. The number of anilines is 1. The van der Waals surface area contributed by atoms with Gasteiger partial charge < -0.3 is 28.6 Å². The molecule has 0 aliphatic heterocycles. The Labute approximate surface area is 237 Å². The summed E-state index contributed by atoms with van der Waals surface area (Å²) in [6, 6.07) is 13.6. The lowest BCUT2D eigenvalue weighted by atomic mass is 10.2. The first kappa shape index (κ1) is 31.3. The van der Waals surface area contributed by atoms with Crippen molar-refractivity contribution >= 4 is 41.4 Å². The standard InChI is InChI=1S/C27H38N4O7SSi/c1-5-36-40(37-6-2,38-7-3)17-9-16-29-27(32)30-20-21-11-13-24(14-12-21)39(33,34)31-25-19-23(35-4)18-22-10-8-15-28-26(22)25/h8,10-15,18-19,31H,5-7,9,16-17,20H2,1-4H3,(H2,29,30,32). The van der Waals surface area contributed by atoms with Crippen molar-refractivity contribution < 1.29 is 31.2 Å². The average Bonchev–Trinajstić information content (AvgIpc) is 2.94. The van der Waals surface area contributed by atoms with E-state index in [9.17, 15) is 13.2 Å². The third-order valence-corrected chi connectivity index (χ3v) is 10.4. The highest BCUT2D eigenvalue weighted by atomic mass is 32.2. The number of hydrogen-bond acceptors (Lipinski definition) is 8. The molecule has 0 bridgehead atoms. The number of carbonyl (C=O) groups is 1. The fourth-order valence-corrected chi connectivity index (χ4v) is 7.77. The van der Waals surface area contributed by atoms with Crippen molar-refractivity contribution in [2.75, 3.05) is 38.2 Å². The maximum Gasteiger partial charge on any atom is 0.500 e. The van der Waals surface area contributed by atoms with Gasteiger partial charge in [0.1, 0.15) is 5.75 Å². The number of methoxy groups -OCH3 is 1. The highest BCUT2D eigenvalue weighted by Gasteiger charge is 2.39. The summed E-state index contributed by atoms with van der Waals surface area (Å²) in [5, 5.41) is 6.35. The Kier molecular flexibility index (Phi) is 11.7. The molecule has 0 saturated carbocycles. The molecule has 3 N–H and O–H groups in total. The zero-order valence-electron chi connectivity index (χ0n) is 23.4. The van der Waals surface area contributed by atoms with Crippen molar-refractivity contribution in [3.05, 3.63) is 60.3 Å². The molecule has 40 heavy (non-hydrogen) atoms.